The third-order valence-corrected chi connectivity index (χ3v) is 6.35. The summed E-state index contributed by atoms with van der Waals surface area (Å²) in [5.41, 5.74) is 0.782. The normalized spacial score (nSPS) is 14.5. The number of ether oxygens (including phenoxy) is 2. The minimum absolute atomic E-state index is 0.158. The van der Waals surface area contributed by atoms with Crippen molar-refractivity contribution in [3.8, 4) is 5.75 Å². The number of rotatable bonds is 7. The Morgan fingerprint density at radius 1 is 1.00 bits per heavy atom. The molecule has 2 N–H and O–H groups in total. The standard InChI is InChI=1S/C22H22F3N5O4S/c1-15-26-20(14-21(27-15)30-10-12-33-13-11-30)28-16-6-8-17(9-7-16)29-35(31,32)19-5-3-2-4-18(19)34-22(23,24)25/h2-9,14,29H,10-13H2,1H3,(H,26,27,28). The molecule has 9 nitrogen and oxygen atoms in total. The molecule has 2 aromatic carbocycles. The first-order valence-corrected chi connectivity index (χ1v) is 12.0. The lowest BCUT2D eigenvalue weighted by Crippen LogP contribution is -2.36. The summed E-state index contributed by atoms with van der Waals surface area (Å²) in [4.78, 5) is 10.3. The van der Waals surface area contributed by atoms with E-state index in [2.05, 4.69) is 29.6 Å². The number of aryl methyl sites for hydroxylation is 1. The molecule has 0 bridgehead atoms. The molecule has 1 fully saturated rings. The smallest absolute Gasteiger partial charge is 0.404 e. The summed E-state index contributed by atoms with van der Waals surface area (Å²) < 4.78 is 74.9. The Labute approximate surface area is 200 Å². The molecule has 2 heterocycles. The van der Waals surface area contributed by atoms with E-state index in [-0.39, 0.29) is 5.69 Å². The van der Waals surface area contributed by atoms with Gasteiger partial charge in [0.1, 0.15) is 28.1 Å². The quantitative estimate of drug-likeness (QED) is 0.491. The molecular formula is C22H22F3N5O4S. The summed E-state index contributed by atoms with van der Waals surface area (Å²) >= 11 is 0. The van der Waals surface area contributed by atoms with Crippen LogP contribution in [0.4, 0.5) is 36.2 Å². The summed E-state index contributed by atoms with van der Waals surface area (Å²) in [6.45, 7) is 4.48. The van der Waals surface area contributed by atoms with E-state index < -0.39 is 27.0 Å². The van der Waals surface area contributed by atoms with Gasteiger partial charge in [0, 0.05) is 30.5 Å². The van der Waals surface area contributed by atoms with Crippen molar-refractivity contribution < 1.29 is 31.1 Å². The monoisotopic (exact) mass is 509 g/mol. The molecule has 4 rings (SSSR count). The number of hydrogen-bond acceptors (Lipinski definition) is 8. The number of hydrogen-bond donors (Lipinski definition) is 2. The second kappa shape index (κ2) is 9.96. The van der Waals surface area contributed by atoms with Crippen molar-refractivity contribution in [1.29, 1.82) is 0 Å². The largest absolute Gasteiger partial charge is 0.573 e. The first kappa shape index (κ1) is 24.5. The van der Waals surface area contributed by atoms with Crippen LogP contribution in [0.25, 0.3) is 0 Å². The Balaban J connectivity index is 1.48. The summed E-state index contributed by atoms with van der Waals surface area (Å²) in [5.74, 6) is 1.10. The number of aromatic nitrogens is 2. The molecule has 0 amide bonds. The highest BCUT2D eigenvalue weighted by Crippen LogP contribution is 2.31. The topological polar surface area (TPSA) is 106 Å². The summed E-state index contributed by atoms with van der Waals surface area (Å²) in [6.07, 6.45) is -5.03. The zero-order valence-electron chi connectivity index (χ0n) is 18.5. The zero-order valence-corrected chi connectivity index (χ0v) is 19.4. The second-order valence-corrected chi connectivity index (χ2v) is 9.21. The molecule has 0 saturated carbocycles. The Morgan fingerprint density at radius 2 is 1.66 bits per heavy atom. The fraction of sp³-hybridized carbons (Fsp3) is 0.273. The molecule has 1 aliphatic rings. The Hall–Kier alpha value is -3.58. The number of anilines is 4. The minimum Gasteiger partial charge on any atom is -0.404 e. The molecule has 0 unspecified atom stereocenters. The van der Waals surface area contributed by atoms with Crippen LogP contribution in [0.3, 0.4) is 0 Å². The number of nitrogens with zero attached hydrogens (tertiary/aromatic N) is 3. The molecule has 13 heteroatoms. The third-order valence-electron chi connectivity index (χ3n) is 4.93. The zero-order chi connectivity index (χ0) is 25.1. The average molecular weight is 510 g/mol. The second-order valence-electron chi connectivity index (χ2n) is 7.56. The number of benzene rings is 2. The van der Waals surface area contributed by atoms with Crippen LogP contribution in [-0.4, -0.2) is 51.1 Å². The molecule has 186 valence electrons. The SMILES string of the molecule is Cc1nc(Nc2ccc(NS(=O)(=O)c3ccccc3OC(F)(F)F)cc2)cc(N2CCOCC2)n1. The van der Waals surface area contributed by atoms with Crippen LogP contribution >= 0.6 is 0 Å². The fourth-order valence-electron chi connectivity index (χ4n) is 3.43. The highest BCUT2D eigenvalue weighted by Gasteiger charge is 2.34. The predicted octanol–water partition coefficient (Wildman–Crippen LogP) is 4.06. The van der Waals surface area contributed by atoms with Gasteiger partial charge in [-0.05, 0) is 43.3 Å². The van der Waals surface area contributed by atoms with Gasteiger partial charge in [-0.1, -0.05) is 12.1 Å². The van der Waals surface area contributed by atoms with Gasteiger partial charge in [-0.25, -0.2) is 18.4 Å². The van der Waals surface area contributed by atoms with E-state index in [0.29, 0.717) is 30.5 Å². The Morgan fingerprint density at radius 3 is 2.34 bits per heavy atom. The van der Waals surface area contributed by atoms with Gasteiger partial charge in [-0.2, -0.15) is 0 Å². The number of morpholine rings is 1. The molecule has 0 spiro atoms. The molecule has 0 aliphatic carbocycles. The van der Waals surface area contributed by atoms with Crippen LogP contribution in [0.5, 0.6) is 5.75 Å². The first-order valence-electron chi connectivity index (χ1n) is 10.5. The molecule has 0 atom stereocenters. The van der Waals surface area contributed by atoms with Crippen LogP contribution in [-0.2, 0) is 14.8 Å². The van der Waals surface area contributed by atoms with Crippen LogP contribution in [0.2, 0.25) is 0 Å². The highest BCUT2D eigenvalue weighted by atomic mass is 32.2. The van der Waals surface area contributed by atoms with Gasteiger partial charge in [-0.15, -0.1) is 13.2 Å². The van der Waals surface area contributed by atoms with Gasteiger partial charge in [0.05, 0.1) is 13.2 Å². The maximum absolute atomic E-state index is 12.7. The Kier molecular flexibility index (Phi) is 6.98. The lowest BCUT2D eigenvalue weighted by atomic mass is 10.3. The Bertz CT molecular complexity index is 1280. The maximum atomic E-state index is 12.7. The lowest BCUT2D eigenvalue weighted by Gasteiger charge is -2.28. The lowest BCUT2D eigenvalue weighted by molar-refractivity contribution is -0.275. The van der Waals surface area contributed by atoms with Crippen molar-refractivity contribution in [3.05, 3.63) is 60.4 Å². The number of nitrogens with one attached hydrogen (secondary N) is 2. The highest BCUT2D eigenvalue weighted by molar-refractivity contribution is 7.92. The van der Waals surface area contributed by atoms with E-state index in [1.807, 2.05) is 6.07 Å². The number of alkyl halides is 3. The van der Waals surface area contributed by atoms with Crippen LogP contribution in [0.15, 0.2) is 59.5 Å². The number of halogens is 3. The van der Waals surface area contributed by atoms with E-state index >= 15 is 0 Å². The summed E-state index contributed by atoms with van der Waals surface area (Å²) in [6, 6.07) is 12.5. The molecule has 3 aromatic rings. The third kappa shape index (κ3) is 6.51. The van der Waals surface area contributed by atoms with Gasteiger partial charge < -0.3 is 19.7 Å². The number of sulfonamides is 1. The summed E-state index contributed by atoms with van der Waals surface area (Å²) in [5, 5.41) is 3.15. The average Bonchev–Trinajstić information content (AvgIpc) is 2.80. The van der Waals surface area contributed by atoms with E-state index in [4.69, 9.17) is 4.74 Å². The molecule has 1 saturated heterocycles. The van der Waals surface area contributed by atoms with Crippen molar-refractivity contribution in [2.45, 2.75) is 18.2 Å². The molecule has 35 heavy (non-hydrogen) atoms. The molecule has 1 aromatic heterocycles. The fourth-order valence-corrected chi connectivity index (χ4v) is 4.62. The van der Waals surface area contributed by atoms with Gasteiger partial charge >= 0.3 is 6.36 Å². The van der Waals surface area contributed by atoms with Crippen molar-refractivity contribution in [1.82, 2.24) is 9.97 Å². The molecule has 0 radical (unpaired) electrons. The van der Waals surface area contributed by atoms with E-state index in [0.717, 1.165) is 31.0 Å². The molecule has 1 aliphatic heterocycles. The summed E-state index contributed by atoms with van der Waals surface area (Å²) in [7, 11) is -4.34. The van der Waals surface area contributed by atoms with Gasteiger partial charge in [0.25, 0.3) is 10.0 Å². The van der Waals surface area contributed by atoms with E-state index in [9.17, 15) is 21.6 Å². The van der Waals surface area contributed by atoms with Crippen LogP contribution in [0.1, 0.15) is 5.82 Å². The van der Waals surface area contributed by atoms with Crippen molar-refractivity contribution in [2.24, 2.45) is 0 Å². The van der Waals surface area contributed by atoms with Crippen molar-refractivity contribution >= 4 is 33.0 Å². The predicted molar refractivity (Wildman–Crippen MR) is 123 cm³/mol. The van der Waals surface area contributed by atoms with E-state index in [1.165, 1.54) is 24.3 Å². The maximum Gasteiger partial charge on any atom is 0.573 e. The van der Waals surface area contributed by atoms with Crippen molar-refractivity contribution in [3.63, 3.8) is 0 Å². The molecular weight excluding hydrogens is 487 g/mol. The van der Waals surface area contributed by atoms with Gasteiger partial charge in [0.2, 0.25) is 0 Å². The van der Waals surface area contributed by atoms with Gasteiger partial charge in [0.15, 0.2) is 0 Å². The van der Waals surface area contributed by atoms with Crippen LogP contribution < -0.4 is 19.7 Å². The van der Waals surface area contributed by atoms with Crippen LogP contribution in [0, 0.1) is 6.92 Å². The van der Waals surface area contributed by atoms with Gasteiger partial charge in [-0.3, -0.25) is 4.72 Å². The first-order chi connectivity index (χ1) is 16.6. The van der Waals surface area contributed by atoms with Crippen molar-refractivity contribution in [2.75, 3.05) is 41.2 Å². The number of para-hydroxylation sites is 1. The minimum atomic E-state index is -5.03. The van der Waals surface area contributed by atoms with E-state index in [1.54, 1.807) is 19.1 Å².